The van der Waals surface area contributed by atoms with Crippen molar-refractivity contribution in [2.24, 2.45) is 0 Å². The maximum Gasteiger partial charge on any atom is 0.241 e. The molecule has 0 amide bonds. The average molecular weight is 325 g/mol. The van der Waals surface area contributed by atoms with Gasteiger partial charge in [-0.1, -0.05) is 12.1 Å². The van der Waals surface area contributed by atoms with Gasteiger partial charge in [0.15, 0.2) is 0 Å². The van der Waals surface area contributed by atoms with Crippen molar-refractivity contribution in [1.29, 1.82) is 0 Å². The molecule has 0 radical (unpaired) electrons. The van der Waals surface area contributed by atoms with Gasteiger partial charge in [0, 0.05) is 11.1 Å². The minimum atomic E-state index is -3.87. The lowest BCUT2D eigenvalue weighted by Crippen LogP contribution is -2.40. The smallest absolute Gasteiger partial charge is 0.207 e. The molecule has 0 unspecified atom stereocenters. The second-order valence-electron chi connectivity index (χ2n) is 6.01. The SMILES string of the molecule is CC(C)(C)NS(=O)(=O)c1ccc(F)cc1-c1cccc(F)c1. The highest BCUT2D eigenvalue weighted by Crippen LogP contribution is 2.29. The first kappa shape index (κ1) is 16.6. The minimum absolute atomic E-state index is 0.0885. The molecule has 0 heterocycles. The third-order valence-electron chi connectivity index (χ3n) is 2.81. The van der Waals surface area contributed by atoms with Crippen LogP contribution in [0.25, 0.3) is 11.1 Å². The molecule has 22 heavy (non-hydrogen) atoms. The van der Waals surface area contributed by atoms with Gasteiger partial charge in [-0.2, -0.15) is 0 Å². The summed E-state index contributed by atoms with van der Waals surface area (Å²) in [4.78, 5) is -0.0885. The Kier molecular flexibility index (Phi) is 4.35. The molecule has 1 N–H and O–H groups in total. The summed E-state index contributed by atoms with van der Waals surface area (Å²) in [5.41, 5.74) is -0.267. The van der Waals surface area contributed by atoms with Crippen molar-refractivity contribution in [3.63, 3.8) is 0 Å². The molecule has 0 saturated heterocycles. The van der Waals surface area contributed by atoms with Gasteiger partial charge in [0.25, 0.3) is 0 Å². The predicted molar refractivity (Wildman–Crippen MR) is 81.9 cm³/mol. The largest absolute Gasteiger partial charge is 0.241 e. The van der Waals surface area contributed by atoms with Crippen LogP contribution in [0.2, 0.25) is 0 Å². The highest BCUT2D eigenvalue weighted by Gasteiger charge is 2.25. The van der Waals surface area contributed by atoms with Crippen LogP contribution in [-0.4, -0.2) is 14.0 Å². The maximum atomic E-state index is 13.6. The van der Waals surface area contributed by atoms with E-state index in [1.807, 2.05) is 0 Å². The Balaban J connectivity index is 2.63. The zero-order chi connectivity index (χ0) is 16.5. The minimum Gasteiger partial charge on any atom is -0.207 e. The molecule has 0 aliphatic heterocycles. The second kappa shape index (κ2) is 5.78. The van der Waals surface area contributed by atoms with Crippen LogP contribution in [0, 0.1) is 11.6 Å². The van der Waals surface area contributed by atoms with Crippen LogP contribution in [0.1, 0.15) is 20.8 Å². The van der Waals surface area contributed by atoms with Crippen molar-refractivity contribution in [2.45, 2.75) is 31.2 Å². The molecule has 2 rings (SSSR count). The molecule has 0 aliphatic rings. The molecule has 0 aromatic heterocycles. The fourth-order valence-corrected chi connectivity index (χ4v) is 3.71. The Morgan fingerprint density at radius 2 is 1.59 bits per heavy atom. The van der Waals surface area contributed by atoms with E-state index in [4.69, 9.17) is 0 Å². The van der Waals surface area contributed by atoms with Gasteiger partial charge in [-0.3, -0.25) is 0 Å². The van der Waals surface area contributed by atoms with Crippen LogP contribution < -0.4 is 4.72 Å². The molecule has 0 saturated carbocycles. The molecular weight excluding hydrogens is 308 g/mol. The Labute approximate surface area is 129 Å². The van der Waals surface area contributed by atoms with Gasteiger partial charge in [-0.05, 0) is 56.7 Å². The lowest BCUT2D eigenvalue weighted by molar-refractivity contribution is 0.491. The Morgan fingerprint density at radius 3 is 2.18 bits per heavy atom. The molecule has 2 aromatic carbocycles. The average Bonchev–Trinajstić information content (AvgIpc) is 2.35. The normalized spacial score (nSPS) is 12.4. The van der Waals surface area contributed by atoms with Crippen molar-refractivity contribution < 1.29 is 17.2 Å². The standard InChI is InChI=1S/C16H17F2NO2S/c1-16(2,3)19-22(20,21)15-8-7-13(18)10-14(15)11-5-4-6-12(17)9-11/h4-10,19H,1-3H3. The lowest BCUT2D eigenvalue weighted by atomic mass is 10.1. The summed E-state index contributed by atoms with van der Waals surface area (Å²) < 4.78 is 54.5. The summed E-state index contributed by atoms with van der Waals surface area (Å²) in [6, 6.07) is 8.74. The zero-order valence-corrected chi connectivity index (χ0v) is 13.3. The molecule has 0 spiro atoms. The molecular formula is C16H17F2NO2S. The quantitative estimate of drug-likeness (QED) is 0.935. The van der Waals surface area contributed by atoms with Crippen LogP contribution in [-0.2, 0) is 10.0 Å². The van der Waals surface area contributed by atoms with E-state index in [1.54, 1.807) is 20.8 Å². The Bertz CT molecular complexity index is 796. The van der Waals surface area contributed by atoms with E-state index < -0.39 is 27.2 Å². The molecule has 0 aliphatic carbocycles. The highest BCUT2D eigenvalue weighted by molar-refractivity contribution is 7.89. The van der Waals surface area contributed by atoms with Crippen LogP contribution >= 0.6 is 0 Å². The van der Waals surface area contributed by atoms with E-state index >= 15 is 0 Å². The van der Waals surface area contributed by atoms with Gasteiger partial charge < -0.3 is 0 Å². The number of halogens is 2. The molecule has 2 aromatic rings. The number of hydrogen-bond acceptors (Lipinski definition) is 2. The summed E-state index contributed by atoms with van der Waals surface area (Å²) in [7, 11) is -3.87. The Hall–Kier alpha value is -1.79. The van der Waals surface area contributed by atoms with Crippen LogP contribution in [0.15, 0.2) is 47.4 Å². The molecule has 3 nitrogen and oxygen atoms in total. The number of hydrogen-bond donors (Lipinski definition) is 1. The number of benzene rings is 2. The van der Waals surface area contributed by atoms with Crippen molar-refractivity contribution in [3.05, 3.63) is 54.1 Å². The second-order valence-corrected chi connectivity index (χ2v) is 7.66. The van der Waals surface area contributed by atoms with E-state index in [2.05, 4.69) is 4.72 Å². The first-order chi connectivity index (χ1) is 10.1. The first-order valence-electron chi connectivity index (χ1n) is 6.68. The summed E-state index contributed by atoms with van der Waals surface area (Å²) >= 11 is 0. The predicted octanol–water partition coefficient (Wildman–Crippen LogP) is 3.71. The highest BCUT2D eigenvalue weighted by atomic mass is 32.2. The van der Waals surface area contributed by atoms with Gasteiger partial charge in [0.2, 0.25) is 10.0 Å². The van der Waals surface area contributed by atoms with E-state index in [0.29, 0.717) is 5.56 Å². The summed E-state index contributed by atoms with van der Waals surface area (Å²) in [5, 5.41) is 0. The third kappa shape index (κ3) is 3.90. The van der Waals surface area contributed by atoms with Crippen molar-refractivity contribution in [3.8, 4) is 11.1 Å². The van der Waals surface area contributed by atoms with E-state index in [0.717, 1.165) is 12.1 Å². The molecule has 0 bridgehead atoms. The van der Waals surface area contributed by atoms with Crippen LogP contribution in [0.5, 0.6) is 0 Å². The Morgan fingerprint density at radius 1 is 0.955 bits per heavy atom. The lowest BCUT2D eigenvalue weighted by Gasteiger charge is -2.21. The summed E-state index contributed by atoms with van der Waals surface area (Å²) in [5.74, 6) is -1.11. The molecule has 118 valence electrons. The van der Waals surface area contributed by atoms with Gasteiger partial charge in [-0.25, -0.2) is 21.9 Å². The first-order valence-corrected chi connectivity index (χ1v) is 8.16. The maximum absolute atomic E-state index is 13.6. The molecule has 0 atom stereocenters. The van der Waals surface area contributed by atoms with E-state index in [1.165, 1.54) is 30.3 Å². The van der Waals surface area contributed by atoms with Gasteiger partial charge >= 0.3 is 0 Å². The number of sulfonamides is 1. The number of rotatable bonds is 3. The summed E-state index contributed by atoms with van der Waals surface area (Å²) in [6.07, 6.45) is 0. The third-order valence-corrected chi connectivity index (χ3v) is 4.62. The van der Waals surface area contributed by atoms with E-state index in [-0.39, 0.29) is 10.5 Å². The fraction of sp³-hybridized carbons (Fsp3) is 0.250. The fourth-order valence-electron chi connectivity index (χ4n) is 2.08. The van der Waals surface area contributed by atoms with Crippen LogP contribution in [0.4, 0.5) is 8.78 Å². The van der Waals surface area contributed by atoms with Gasteiger partial charge in [0.1, 0.15) is 11.6 Å². The van der Waals surface area contributed by atoms with Crippen molar-refractivity contribution in [1.82, 2.24) is 4.72 Å². The van der Waals surface area contributed by atoms with Crippen LogP contribution in [0.3, 0.4) is 0 Å². The summed E-state index contributed by atoms with van der Waals surface area (Å²) in [6.45, 7) is 5.11. The number of nitrogens with one attached hydrogen (secondary N) is 1. The van der Waals surface area contributed by atoms with E-state index in [9.17, 15) is 17.2 Å². The monoisotopic (exact) mass is 325 g/mol. The van der Waals surface area contributed by atoms with Crippen molar-refractivity contribution >= 4 is 10.0 Å². The molecule has 6 heteroatoms. The van der Waals surface area contributed by atoms with Gasteiger partial charge in [0.05, 0.1) is 4.90 Å². The van der Waals surface area contributed by atoms with Crippen molar-refractivity contribution in [2.75, 3.05) is 0 Å². The molecule has 0 fully saturated rings. The topological polar surface area (TPSA) is 46.2 Å². The van der Waals surface area contributed by atoms with Gasteiger partial charge in [-0.15, -0.1) is 0 Å². The zero-order valence-electron chi connectivity index (χ0n) is 12.5.